The number of halogens is 2. The largest absolute Gasteiger partial charge is 0.370 e. The maximum Gasteiger partial charge on any atom is 0.191 e. The molecule has 0 radical (unpaired) electrons. The number of guanidine groups is 1. The fourth-order valence-electron chi connectivity index (χ4n) is 3.31. The first-order chi connectivity index (χ1) is 11.7. The molecule has 0 bridgehead atoms. The van der Waals surface area contributed by atoms with Gasteiger partial charge in [0.1, 0.15) is 0 Å². The van der Waals surface area contributed by atoms with Crippen LogP contribution in [0.2, 0.25) is 5.02 Å². The molecule has 140 valence electrons. The smallest absolute Gasteiger partial charge is 0.191 e. The standard InChI is InChI=1S/C18H27ClN4S.HI/c19-17-4-2-1-3-16(17)14-22-7-5-15(6-8-22)13-21-18(20)23-9-11-24-12-10-23;/h1-4,15H,5-14H2,(H2,20,21);1H. The fraction of sp³-hybridized carbons (Fsp3) is 0.611. The molecule has 0 unspecified atom stereocenters. The average Bonchev–Trinajstić information content (AvgIpc) is 2.63. The van der Waals surface area contributed by atoms with Crippen LogP contribution in [0.3, 0.4) is 0 Å². The minimum Gasteiger partial charge on any atom is -0.370 e. The molecule has 2 aliphatic rings. The molecule has 2 aliphatic heterocycles. The number of nitrogens with two attached hydrogens (primary N) is 1. The Kier molecular flexibility index (Phi) is 9.16. The van der Waals surface area contributed by atoms with Gasteiger partial charge in [0.25, 0.3) is 0 Å². The summed E-state index contributed by atoms with van der Waals surface area (Å²) in [4.78, 5) is 9.38. The number of piperidine rings is 1. The Morgan fingerprint density at radius 1 is 1.16 bits per heavy atom. The molecule has 25 heavy (non-hydrogen) atoms. The van der Waals surface area contributed by atoms with Crippen LogP contribution in [-0.4, -0.2) is 60.0 Å². The molecule has 0 atom stereocenters. The van der Waals surface area contributed by atoms with E-state index >= 15 is 0 Å². The highest BCUT2D eigenvalue weighted by molar-refractivity contribution is 14.0. The quantitative estimate of drug-likeness (QED) is 0.395. The van der Waals surface area contributed by atoms with Gasteiger partial charge in [-0.05, 0) is 43.5 Å². The van der Waals surface area contributed by atoms with Crippen LogP contribution < -0.4 is 5.73 Å². The van der Waals surface area contributed by atoms with E-state index in [2.05, 4.69) is 26.9 Å². The van der Waals surface area contributed by atoms with E-state index < -0.39 is 0 Å². The van der Waals surface area contributed by atoms with E-state index in [1.807, 2.05) is 23.9 Å². The fourth-order valence-corrected chi connectivity index (χ4v) is 4.41. The summed E-state index contributed by atoms with van der Waals surface area (Å²) in [7, 11) is 0. The lowest BCUT2D eigenvalue weighted by molar-refractivity contribution is 0.180. The second-order valence-electron chi connectivity index (χ2n) is 6.61. The molecular weight excluding hydrogens is 467 g/mol. The van der Waals surface area contributed by atoms with Gasteiger partial charge in [-0.2, -0.15) is 11.8 Å². The summed E-state index contributed by atoms with van der Waals surface area (Å²) in [5.74, 6) is 3.73. The highest BCUT2D eigenvalue weighted by Crippen LogP contribution is 2.22. The second-order valence-corrected chi connectivity index (χ2v) is 8.24. The van der Waals surface area contributed by atoms with Crippen molar-refractivity contribution in [1.82, 2.24) is 9.80 Å². The van der Waals surface area contributed by atoms with Gasteiger partial charge in [-0.3, -0.25) is 9.89 Å². The van der Waals surface area contributed by atoms with Gasteiger partial charge < -0.3 is 10.6 Å². The predicted octanol–water partition coefficient (Wildman–Crippen LogP) is 3.53. The number of nitrogens with zero attached hydrogens (tertiary/aromatic N) is 3. The molecule has 2 heterocycles. The molecule has 2 N–H and O–H groups in total. The molecule has 0 aliphatic carbocycles. The van der Waals surface area contributed by atoms with Crippen LogP contribution in [0.4, 0.5) is 0 Å². The lowest BCUT2D eigenvalue weighted by atomic mass is 9.96. The summed E-state index contributed by atoms with van der Waals surface area (Å²) >= 11 is 8.26. The Balaban J connectivity index is 0.00000225. The number of likely N-dealkylation sites (tertiary alicyclic amines) is 1. The number of hydrogen-bond acceptors (Lipinski definition) is 3. The van der Waals surface area contributed by atoms with Gasteiger partial charge in [0.2, 0.25) is 0 Å². The van der Waals surface area contributed by atoms with Crippen molar-refractivity contribution in [2.75, 3.05) is 44.2 Å². The first-order valence-corrected chi connectivity index (χ1v) is 10.3. The Morgan fingerprint density at radius 2 is 1.84 bits per heavy atom. The Morgan fingerprint density at radius 3 is 2.52 bits per heavy atom. The summed E-state index contributed by atoms with van der Waals surface area (Å²) in [5, 5.41) is 0.872. The monoisotopic (exact) mass is 494 g/mol. The van der Waals surface area contributed by atoms with Crippen LogP contribution in [0.25, 0.3) is 0 Å². The zero-order chi connectivity index (χ0) is 16.8. The van der Waals surface area contributed by atoms with E-state index in [4.69, 9.17) is 17.3 Å². The third kappa shape index (κ3) is 6.48. The van der Waals surface area contributed by atoms with E-state index in [-0.39, 0.29) is 24.0 Å². The normalized spacial score (nSPS) is 20.4. The molecule has 0 amide bonds. The van der Waals surface area contributed by atoms with E-state index in [1.54, 1.807) is 0 Å². The number of aliphatic imine (C=N–C) groups is 1. The molecule has 1 aromatic carbocycles. The topological polar surface area (TPSA) is 44.9 Å². The summed E-state index contributed by atoms with van der Waals surface area (Å²) in [6, 6.07) is 8.14. The Hall–Kier alpha value is -0.180. The number of rotatable bonds is 4. The van der Waals surface area contributed by atoms with Crippen LogP contribution in [0, 0.1) is 5.92 Å². The minimum atomic E-state index is 0. The number of benzene rings is 1. The maximum absolute atomic E-state index is 6.27. The third-order valence-corrected chi connectivity index (χ3v) is 6.22. The van der Waals surface area contributed by atoms with Gasteiger partial charge in [0.05, 0.1) is 0 Å². The van der Waals surface area contributed by atoms with Gasteiger partial charge in [-0.15, -0.1) is 24.0 Å². The van der Waals surface area contributed by atoms with Crippen LogP contribution in [0.15, 0.2) is 29.3 Å². The van der Waals surface area contributed by atoms with Gasteiger partial charge in [0, 0.05) is 42.7 Å². The van der Waals surface area contributed by atoms with Crippen molar-refractivity contribution >= 4 is 53.3 Å². The van der Waals surface area contributed by atoms with Crippen molar-refractivity contribution in [2.24, 2.45) is 16.6 Å². The summed E-state index contributed by atoms with van der Waals surface area (Å²) in [5.41, 5.74) is 7.38. The van der Waals surface area contributed by atoms with Crippen LogP contribution in [-0.2, 0) is 6.54 Å². The molecule has 0 saturated carbocycles. The van der Waals surface area contributed by atoms with E-state index in [0.717, 1.165) is 61.8 Å². The molecule has 1 aromatic rings. The van der Waals surface area contributed by atoms with Crippen LogP contribution in [0.5, 0.6) is 0 Å². The van der Waals surface area contributed by atoms with Gasteiger partial charge >= 0.3 is 0 Å². The summed E-state index contributed by atoms with van der Waals surface area (Å²) < 4.78 is 0. The molecule has 4 nitrogen and oxygen atoms in total. The Bertz CT molecular complexity index is 558. The minimum absolute atomic E-state index is 0. The molecular formula is C18H28ClIN4S. The average molecular weight is 495 g/mol. The zero-order valence-corrected chi connectivity index (χ0v) is 18.5. The predicted molar refractivity (Wildman–Crippen MR) is 120 cm³/mol. The third-order valence-electron chi connectivity index (χ3n) is 4.91. The van der Waals surface area contributed by atoms with Gasteiger partial charge in [-0.25, -0.2) is 0 Å². The van der Waals surface area contributed by atoms with E-state index in [1.165, 1.54) is 18.4 Å². The van der Waals surface area contributed by atoms with Crippen LogP contribution in [0.1, 0.15) is 18.4 Å². The van der Waals surface area contributed by atoms with Crippen molar-refractivity contribution in [2.45, 2.75) is 19.4 Å². The van der Waals surface area contributed by atoms with E-state index in [9.17, 15) is 0 Å². The maximum atomic E-state index is 6.27. The zero-order valence-electron chi connectivity index (χ0n) is 14.6. The molecule has 7 heteroatoms. The van der Waals surface area contributed by atoms with Crippen molar-refractivity contribution in [3.8, 4) is 0 Å². The van der Waals surface area contributed by atoms with Crippen molar-refractivity contribution in [3.63, 3.8) is 0 Å². The SMILES string of the molecule is I.NC(=NCC1CCN(Cc2ccccc2Cl)CC1)N1CCSCC1. The summed E-state index contributed by atoms with van der Waals surface area (Å²) in [6.45, 7) is 6.13. The number of hydrogen-bond donors (Lipinski definition) is 1. The van der Waals surface area contributed by atoms with Crippen molar-refractivity contribution < 1.29 is 0 Å². The highest BCUT2D eigenvalue weighted by Gasteiger charge is 2.20. The van der Waals surface area contributed by atoms with Gasteiger partial charge in [-0.1, -0.05) is 29.8 Å². The van der Waals surface area contributed by atoms with E-state index in [0.29, 0.717) is 5.92 Å². The molecule has 3 rings (SSSR count). The van der Waals surface area contributed by atoms with Crippen LogP contribution >= 0.6 is 47.3 Å². The molecule has 0 aromatic heterocycles. The lowest BCUT2D eigenvalue weighted by Crippen LogP contribution is -2.43. The first-order valence-electron chi connectivity index (χ1n) is 8.81. The van der Waals surface area contributed by atoms with Crippen molar-refractivity contribution in [3.05, 3.63) is 34.9 Å². The second kappa shape index (κ2) is 10.8. The first kappa shape index (κ1) is 21.1. The highest BCUT2D eigenvalue weighted by atomic mass is 127. The Labute approximate surface area is 177 Å². The summed E-state index contributed by atoms with van der Waals surface area (Å²) in [6.07, 6.45) is 2.38. The molecule has 2 fully saturated rings. The van der Waals surface area contributed by atoms with Gasteiger partial charge in [0.15, 0.2) is 5.96 Å². The molecule has 2 saturated heterocycles. The molecule has 0 spiro atoms. The number of thioether (sulfide) groups is 1. The van der Waals surface area contributed by atoms with Crippen molar-refractivity contribution in [1.29, 1.82) is 0 Å². The lowest BCUT2D eigenvalue weighted by Gasteiger charge is -2.32.